The van der Waals surface area contributed by atoms with E-state index in [1.54, 1.807) is 6.92 Å². The quantitative estimate of drug-likeness (QED) is 0.825. The van der Waals surface area contributed by atoms with Gasteiger partial charge in [0.25, 0.3) is 0 Å². The van der Waals surface area contributed by atoms with E-state index in [2.05, 4.69) is 9.72 Å². The lowest BCUT2D eigenvalue weighted by Crippen LogP contribution is -2.32. The van der Waals surface area contributed by atoms with Gasteiger partial charge in [-0.3, -0.25) is 0 Å². The van der Waals surface area contributed by atoms with Crippen LogP contribution in [0.3, 0.4) is 0 Å². The fourth-order valence-corrected chi connectivity index (χ4v) is 1.65. The van der Waals surface area contributed by atoms with Crippen LogP contribution in [0.5, 0.6) is 0 Å². The molecule has 1 heterocycles. The molecule has 0 bridgehead atoms. The van der Waals surface area contributed by atoms with Gasteiger partial charge in [0.2, 0.25) is 0 Å². The number of halogens is 4. The third kappa shape index (κ3) is 3.31. The molecule has 16 heavy (non-hydrogen) atoms. The first-order valence-corrected chi connectivity index (χ1v) is 5.10. The number of alkyl halides is 4. The molecule has 0 aliphatic heterocycles. The number of nitrogens with two attached hydrogens (primary N) is 1. The van der Waals surface area contributed by atoms with Crippen LogP contribution < -0.4 is 5.73 Å². The van der Waals surface area contributed by atoms with E-state index >= 15 is 0 Å². The maximum atomic E-state index is 12.4. The average molecular weight is 258 g/mol. The summed E-state index contributed by atoms with van der Waals surface area (Å²) in [6, 6.07) is 0. The Morgan fingerprint density at radius 2 is 2.12 bits per heavy atom. The number of nitrogen functional groups attached to an aromatic ring is 1. The highest BCUT2D eigenvalue weighted by atomic mass is 32.1. The normalized spacial score (nSPS) is 12.4. The van der Waals surface area contributed by atoms with Gasteiger partial charge >= 0.3 is 12.3 Å². The van der Waals surface area contributed by atoms with Crippen molar-refractivity contribution in [3.63, 3.8) is 0 Å². The Bertz CT molecular complexity index is 336. The molecule has 0 saturated heterocycles. The number of hydrogen-bond acceptors (Lipinski definition) is 4. The molecule has 0 aliphatic rings. The van der Waals surface area contributed by atoms with Gasteiger partial charge in [-0.1, -0.05) is 0 Å². The predicted molar refractivity (Wildman–Crippen MR) is 51.9 cm³/mol. The molecule has 0 spiro atoms. The summed E-state index contributed by atoms with van der Waals surface area (Å²) < 4.78 is 52.8. The number of thiazole rings is 1. The van der Waals surface area contributed by atoms with E-state index in [1.807, 2.05) is 0 Å². The SMILES string of the molecule is Cc1sc(COCC(F)(F)C(F)F)nc1N. The van der Waals surface area contributed by atoms with E-state index in [-0.39, 0.29) is 6.61 Å². The van der Waals surface area contributed by atoms with E-state index in [9.17, 15) is 17.6 Å². The Balaban J connectivity index is 2.41. The summed E-state index contributed by atoms with van der Waals surface area (Å²) in [4.78, 5) is 4.55. The van der Waals surface area contributed by atoms with E-state index in [0.29, 0.717) is 10.8 Å². The van der Waals surface area contributed by atoms with Gasteiger partial charge < -0.3 is 10.5 Å². The van der Waals surface area contributed by atoms with Crippen molar-refractivity contribution in [3.05, 3.63) is 9.88 Å². The van der Waals surface area contributed by atoms with Crippen LogP contribution in [0, 0.1) is 6.92 Å². The number of anilines is 1. The van der Waals surface area contributed by atoms with Gasteiger partial charge in [-0.05, 0) is 6.92 Å². The zero-order chi connectivity index (χ0) is 12.3. The molecule has 0 atom stereocenters. The summed E-state index contributed by atoms with van der Waals surface area (Å²) in [7, 11) is 0. The molecule has 0 unspecified atom stereocenters. The fourth-order valence-electron chi connectivity index (χ4n) is 0.864. The van der Waals surface area contributed by atoms with Crippen LogP contribution in [-0.2, 0) is 11.3 Å². The number of hydrogen-bond donors (Lipinski definition) is 1. The Morgan fingerprint density at radius 3 is 2.56 bits per heavy atom. The zero-order valence-electron chi connectivity index (χ0n) is 8.34. The molecule has 0 radical (unpaired) electrons. The van der Waals surface area contributed by atoms with Gasteiger partial charge in [-0.2, -0.15) is 8.78 Å². The summed E-state index contributed by atoms with van der Waals surface area (Å²) in [5.74, 6) is -3.83. The Kier molecular flexibility index (Phi) is 4.09. The summed E-state index contributed by atoms with van der Waals surface area (Å²) in [5, 5.41) is 0.389. The van der Waals surface area contributed by atoms with E-state index in [1.165, 1.54) is 11.3 Å². The Labute approximate surface area is 93.2 Å². The van der Waals surface area contributed by atoms with E-state index in [0.717, 1.165) is 4.88 Å². The summed E-state index contributed by atoms with van der Waals surface area (Å²) >= 11 is 1.18. The van der Waals surface area contributed by atoms with Crippen LogP contribution in [0.1, 0.15) is 9.88 Å². The Hall–Kier alpha value is -0.890. The molecule has 0 fully saturated rings. The maximum Gasteiger partial charge on any atom is 0.330 e. The van der Waals surface area contributed by atoms with Crippen molar-refractivity contribution in [2.45, 2.75) is 25.9 Å². The van der Waals surface area contributed by atoms with Crippen LogP contribution in [0.15, 0.2) is 0 Å². The lowest BCUT2D eigenvalue weighted by atomic mass is 10.4. The van der Waals surface area contributed by atoms with Crippen molar-refractivity contribution in [2.24, 2.45) is 0 Å². The number of rotatable bonds is 5. The molecule has 1 aromatic heterocycles. The van der Waals surface area contributed by atoms with Gasteiger partial charge in [0.1, 0.15) is 17.4 Å². The third-order valence-corrected chi connectivity index (χ3v) is 2.68. The summed E-state index contributed by atoms with van der Waals surface area (Å²) in [6.07, 6.45) is -3.73. The molecule has 2 N–H and O–H groups in total. The van der Waals surface area contributed by atoms with Gasteiger partial charge in [0.05, 0.1) is 6.61 Å². The number of nitrogens with zero attached hydrogens (tertiary/aromatic N) is 1. The van der Waals surface area contributed by atoms with Crippen LogP contribution in [0.2, 0.25) is 0 Å². The first-order valence-electron chi connectivity index (χ1n) is 4.28. The molecule has 92 valence electrons. The predicted octanol–water partition coefficient (Wildman–Crippen LogP) is 2.45. The van der Waals surface area contributed by atoms with Crippen LogP contribution in [-0.4, -0.2) is 23.9 Å². The maximum absolute atomic E-state index is 12.4. The molecule has 1 rings (SSSR count). The second-order valence-electron chi connectivity index (χ2n) is 3.10. The lowest BCUT2D eigenvalue weighted by Gasteiger charge is -2.14. The summed E-state index contributed by atoms with van der Waals surface area (Å²) in [5.41, 5.74) is 5.42. The highest BCUT2D eigenvalue weighted by molar-refractivity contribution is 7.12. The lowest BCUT2D eigenvalue weighted by molar-refractivity contribution is -0.168. The standard InChI is InChI=1S/C8H10F4N2OS/c1-4-6(13)14-5(16-4)2-15-3-8(11,12)7(9)10/h7H,2-3,13H2,1H3. The topological polar surface area (TPSA) is 48.1 Å². The minimum absolute atomic E-state index is 0.245. The van der Waals surface area contributed by atoms with Gasteiger partial charge in [0, 0.05) is 4.88 Å². The molecule has 0 aliphatic carbocycles. The van der Waals surface area contributed by atoms with Gasteiger partial charge in [-0.25, -0.2) is 13.8 Å². The first kappa shape index (κ1) is 13.2. The first-order chi connectivity index (χ1) is 7.33. The molecule has 8 heteroatoms. The zero-order valence-corrected chi connectivity index (χ0v) is 9.16. The minimum atomic E-state index is -4.13. The smallest absolute Gasteiger partial charge is 0.330 e. The number of ether oxygens (including phenoxy) is 1. The molecular formula is C8H10F4N2OS. The van der Waals surface area contributed by atoms with Crippen molar-refractivity contribution >= 4 is 17.2 Å². The molecule has 3 nitrogen and oxygen atoms in total. The largest absolute Gasteiger partial charge is 0.383 e. The van der Waals surface area contributed by atoms with Crippen molar-refractivity contribution < 1.29 is 22.3 Å². The van der Waals surface area contributed by atoms with Crippen molar-refractivity contribution in [1.29, 1.82) is 0 Å². The molecular weight excluding hydrogens is 248 g/mol. The van der Waals surface area contributed by atoms with Gasteiger partial charge in [-0.15, -0.1) is 11.3 Å². The molecule has 0 saturated carbocycles. The van der Waals surface area contributed by atoms with Crippen molar-refractivity contribution in [2.75, 3.05) is 12.3 Å². The van der Waals surface area contributed by atoms with E-state index < -0.39 is 19.0 Å². The summed E-state index contributed by atoms with van der Waals surface area (Å²) in [6.45, 7) is 0.137. The molecule has 0 aromatic carbocycles. The van der Waals surface area contributed by atoms with Gasteiger partial charge in [0.15, 0.2) is 0 Å². The Morgan fingerprint density at radius 1 is 1.50 bits per heavy atom. The van der Waals surface area contributed by atoms with Crippen LogP contribution in [0.4, 0.5) is 23.4 Å². The van der Waals surface area contributed by atoms with Crippen LogP contribution >= 0.6 is 11.3 Å². The fraction of sp³-hybridized carbons (Fsp3) is 0.625. The molecule has 0 amide bonds. The monoisotopic (exact) mass is 258 g/mol. The third-order valence-electron chi connectivity index (χ3n) is 1.72. The highest BCUT2D eigenvalue weighted by Gasteiger charge is 2.40. The highest BCUT2D eigenvalue weighted by Crippen LogP contribution is 2.24. The van der Waals surface area contributed by atoms with Crippen LogP contribution in [0.25, 0.3) is 0 Å². The average Bonchev–Trinajstić information content (AvgIpc) is 2.45. The number of aryl methyl sites for hydroxylation is 1. The number of aromatic nitrogens is 1. The van der Waals surface area contributed by atoms with Crippen molar-refractivity contribution in [1.82, 2.24) is 4.98 Å². The second-order valence-corrected chi connectivity index (χ2v) is 4.39. The van der Waals surface area contributed by atoms with Crippen molar-refractivity contribution in [3.8, 4) is 0 Å². The van der Waals surface area contributed by atoms with E-state index in [4.69, 9.17) is 5.73 Å². The molecule has 1 aromatic rings. The minimum Gasteiger partial charge on any atom is -0.383 e. The second kappa shape index (κ2) is 4.96.